The number of hydrogen-bond acceptors (Lipinski definition) is 2. The van der Waals surface area contributed by atoms with E-state index in [0.717, 1.165) is 25.2 Å². The minimum absolute atomic E-state index is 0. The number of nitrogens with one attached hydrogen (secondary N) is 2. The zero-order valence-corrected chi connectivity index (χ0v) is 13.9. The van der Waals surface area contributed by atoms with Gasteiger partial charge < -0.3 is 15.4 Å². The van der Waals surface area contributed by atoms with Crippen molar-refractivity contribution in [3.63, 3.8) is 0 Å². The number of aliphatic imine (C=N–C) groups is 1. The molecule has 4 nitrogen and oxygen atoms in total. The van der Waals surface area contributed by atoms with E-state index in [1.807, 2.05) is 13.8 Å². The first kappa shape index (κ1) is 18.9. The molecule has 0 aromatic heterocycles. The number of ether oxygens (including phenoxy) is 1. The van der Waals surface area contributed by atoms with Crippen LogP contribution in [0.2, 0.25) is 0 Å². The lowest BCUT2D eigenvalue weighted by Crippen LogP contribution is -2.37. The van der Waals surface area contributed by atoms with E-state index in [-0.39, 0.29) is 36.3 Å². The van der Waals surface area contributed by atoms with Gasteiger partial charge in [-0.1, -0.05) is 0 Å². The fraction of sp³-hybridized carbons (Fsp3) is 0.462. The van der Waals surface area contributed by atoms with Crippen molar-refractivity contribution in [3.05, 3.63) is 29.8 Å². The first-order chi connectivity index (χ1) is 9.17. The number of benzene rings is 1. The van der Waals surface area contributed by atoms with E-state index in [0.29, 0.717) is 12.5 Å². The molecule has 2 N–H and O–H groups in total. The normalized spacial score (nSPS) is 9.40. The highest BCUT2D eigenvalue weighted by Gasteiger charge is 2.04. The third-order valence-electron chi connectivity index (χ3n) is 2.20. The summed E-state index contributed by atoms with van der Waals surface area (Å²) in [5, 5.41) is 6.12. The quantitative estimate of drug-likeness (QED) is 0.335. The van der Waals surface area contributed by atoms with Crippen molar-refractivity contribution < 1.29 is 13.5 Å². The first-order valence-electron chi connectivity index (χ1n) is 6.27. The summed E-state index contributed by atoms with van der Waals surface area (Å²) in [6.45, 7) is 6.07. The van der Waals surface area contributed by atoms with Crippen LogP contribution in [0.4, 0.5) is 8.78 Å². The van der Waals surface area contributed by atoms with Crippen LogP contribution >= 0.6 is 24.0 Å². The molecule has 0 amide bonds. The van der Waals surface area contributed by atoms with Crippen molar-refractivity contribution in [2.75, 3.05) is 26.2 Å². The second kappa shape index (κ2) is 10.6. The maximum absolute atomic E-state index is 13.3. The SMILES string of the molecule is CCNC(=NCCOc1ccc(F)cc1F)NCC.I. The summed E-state index contributed by atoms with van der Waals surface area (Å²) >= 11 is 0. The fourth-order valence-corrected chi connectivity index (χ4v) is 1.41. The lowest BCUT2D eigenvalue weighted by atomic mass is 10.3. The van der Waals surface area contributed by atoms with E-state index < -0.39 is 11.6 Å². The summed E-state index contributed by atoms with van der Waals surface area (Å²) in [5.41, 5.74) is 0. The molecule has 0 aliphatic rings. The van der Waals surface area contributed by atoms with E-state index in [2.05, 4.69) is 15.6 Å². The van der Waals surface area contributed by atoms with Gasteiger partial charge in [0.15, 0.2) is 17.5 Å². The molecule has 0 saturated carbocycles. The monoisotopic (exact) mass is 399 g/mol. The Labute approximate surface area is 135 Å². The second-order valence-corrected chi connectivity index (χ2v) is 3.71. The topological polar surface area (TPSA) is 45.7 Å². The van der Waals surface area contributed by atoms with Crippen molar-refractivity contribution in [1.82, 2.24) is 10.6 Å². The van der Waals surface area contributed by atoms with Crippen molar-refractivity contribution in [3.8, 4) is 5.75 Å². The van der Waals surface area contributed by atoms with Gasteiger partial charge in [-0.25, -0.2) is 13.8 Å². The number of rotatable bonds is 6. The molecule has 0 radical (unpaired) electrons. The molecule has 0 aliphatic carbocycles. The van der Waals surface area contributed by atoms with Crippen LogP contribution in [0.5, 0.6) is 5.75 Å². The molecule has 114 valence electrons. The van der Waals surface area contributed by atoms with E-state index in [1.165, 1.54) is 6.07 Å². The molecule has 0 aliphatic heterocycles. The zero-order chi connectivity index (χ0) is 14.1. The van der Waals surface area contributed by atoms with Gasteiger partial charge in [0, 0.05) is 19.2 Å². The average molecular weight is 399 g/mol. The van der Waals surface area contributed by atoms with E-state index >= 15 is 0 Å². The summed E-state index contributed by atoms with van der Waals surface area (Å²) in [6.07, 6.45) is 0. The molecule has 20 heavy (non-hydrogen) atoms. The Hall–Kier alpha value is -1.12. The highest BCUT2D eigenvalue weighted by atomic mass is 127. The van der Waals surface area contributed by atoms with Gasteiger partial charge in [0.2, 0.25) is 0 Å². The molecule has 7 heteroatoms. The predicted molar refractivity (Wildman–Crippen MR) is 86.9 cm³/mol. The molecule has 1 rings (SSSR count). The lowest BCUT2D eigenvalue weighted by molar-refractivity contribution is 0.310. The molecule has 0 bridgehead atoms. The van der Waals surface area contributed by atoms with Crippen molar-refractivity contribution >= 4 is 29.9 Å². The predicted octanol–water partition coefficient (Wildman–Crippen LogP) is 2.54. The number of guanidine groups is 1. The second-order valence-electron chi connectivity index (χ2n) is 3.71. The van der Waals surface area contributed by atoms with E-state index in [4.69, 9.17) is 4.74 Å². The van der Waals surface area contributed by atoms with E-state index in [9.17, 15) is 8.78 Å². The number of hydrogen-bond donors (Lipinski definition) is 2. The van der Waals surface area contributed by atoms with Gasteiger partial charge in [-0.2, -0.15) is 0 Å². The summed E-state index contributed by atoms with van der Waals surface area (Å²) in [6, 6.07) is 3.22. The molecule has 0 unspecified atom stereocenters. The Balaban J connectivity index is 0.00000361. The highest BCUT2D eigenvalue weighted by Crippen LogP contribution is 2.17. The number of halogens is 3. The summed E-state index contributed by atoms with van der Waals surface area (Å²) in [5.74, 6) is -0.606. The van der Waals surface area contributed by atoms with E-state index in [1.54, 1.807) is 0 Å². The minimum atomic E-state index is -0.706. The Morgan fingerprint density at radius 3 is 2.40 bits per heavy atom. The van der Waals surface area contributed by atoms with Crippen LogP contribution in [0, 0.1) is 11.6 Å². The third kappa shape index (κ3) is 6.88. The van der Waals surface area contributed by atoms with Crippen LogP contribution in [-0.2, 0) is 0 Å². The van der Waals surface area contributed by atoms with Gasteiger partial charge in [-0.05, 0) is 26.0 Å². The molecule has 1 aromatic rings. The van der Waals surface area contributed by atoms with Crippen LogP contribution in [0.25, 0.3) is 0 Å². The lowest BCUT2D eigenvalue weighted by Gasteiger charge is -2.09. The Morgan fingerprint density at radius 1 is 1.20 bits per heavy atom. The fourth-order valence-electron chi connectivity index (χ4n) is 1.41. The molecule has 0 fully saturated rings. The Kier molecular flexibility index (Phi) is 10.0. The maximum Gasteiger partial charge on any atom is 0.191 e. The van der Waals surface area contributed by atoms with Crippen LogP contribution in [0.15, 0.2) is 23.2 Å². The van der Waals surface area contributed by atoms with Crippen molar-refractivity contribution in [2.24, 2.45) is 4.99 Å². The zero-order valence-electron chi connectivity index (χ0n) is 11.6. The molecule has 0 atom stereocenters. The van der Waals surface area contributed by atoms with Crippen LogP contribution in [0.3, 0.4) is 0 Å². The summed E-state index contributed by atoms with van der Waals surface area (Å²) in [4.78, 5) is 4.24. The van der Waals surface area contributed by atoms with Gasteiger partial charge >= 0.3 is 0 Å². The van der Waals surface area contributed by atoms with Gasteiger partial charge in [0.25, 0.3) is 0 Å². The summed E-state index contributed by atoms with van der Waals surface area (Å²) in [7, 11) is 0. The van der Waals surface area contributed by atoms with Gasteiger partial charge in [-0.15, -0.1) is 24.0 Å². The van der Waals surface area contributed by atoms with Crippen molar-refractivity contribution in [2.45, 2.75) is 13.8 Å². The van der Waals surface area contributed by atoms with Crippen molar-refractivity contribution in [1.29, 1.82) is 0 Å². The molecular weight excluding hydrogens is 379 g/mol. The van der Waals surface area contributed by atoms with Gasteiger partial charge in [0.05, 0.1) is 6.54 Å². The molecular formula is C13H20F2IN3O. The first-order valence-corrected chi connectivity index (χ1v) is 6.27. The Bertz CT molecular complexity index is 422. The van der Waals surface area contributed by atoms with Crippen LogP contribution < -0.4 is 15.4 Å². The number of nitrogens with zero attached hydrogens (tertiary/aromatic N) is 1. The molecule has 0 heterocycles. The third-order valence-corrected chi connectivity index (χ3v) is 2.20. The highest BCUT2D eigenvalue weighted by molar-refractivity contribution is 14.0. The smallest absolute Gasteiger partial charge is 0.191 e. The summed E-state index contributed by atoms with van der Waals surface area (Å²) < 4.78 is 31.1. The average Bonchev–Trinajstić information content (AvgIpc) is 2.37. The van der Waals surface area contributed by atoms with Crippen LogP contribution in [-0.4, -0.2) is 32.2 Å². The maximum atomic E-state index is 13.3. The van der Waals surface area contributed by atoms with Crippen LogP contribution in [0.1, 0.15) is 13.8 Å². The molecule has 0 spiro atoms. The van der Waals surface area contributed by atoms with Gasteiger partial charge in [0.1, 0.15) is 12.4 Å². The largest absolute Gasteiger partial charge is 0.489 e. The molecule has 1 aromatic carbocycles. The Morgan fingerprint density at radius 2 is 1.85 bits per heavy atom. The molecule has 0 saturated heterocycles. The van der Waals surface area contributed by atoms with Gasteiger partial charge in [-0.3, -0.25) is 0 Å². The minimum Gasteiger partial charge on any atom is -0.489 e. The standard InChI is InChI=1S/C13H19F2N3O.HI/c1-3-16-13(17-4-2)18-7-8-19-12-6-5-10(14)9-11(12)15;/h5-6,9H,3-4,7-8H2,1-2H3,(H2,16,17,18);1H.